The first-order valence-electron chi connectivity index (χ1n) is 4.38. The lowest BCUT2D eigenvalue weighted by atomic mass is 10.0. The molecule has 0 fully saturated rings. The molecule has 1 rings (SSSR count). The van der Waals surface area contributed by atoms with Crippen molar-refractivity contribution in [1.29, 1.82) is 5.26 Å². The third-order valence-electron chi connectivity index (χ3n) is 2.08. The Labute approximate surface area is 87.7 Å². The van der Waals surface area contributed by atoms with E-state index in [-0.39, 0.29) is 6.42 Å². The van der Waals surface area contributed by atoms with Crippen LogP contribution in [-0.4, -0.2) is 18.2 Å². The zero-order chi connectivity index (χ0) is 11.4. The summed E-state index contributed by atoms with van der Waals surface area (Å²) in [5.41, 5.74) is 1.69. The summed E-state index contributed by atoms with van der Waals surface area (Å²) in [6.45, 7) is 1.81. The summed E-state index contributed by atoms with van der Waals surface area (Å²) < 4.78 is 5.05. The van der Waals surface area contributed by atoms with Crippen LogP contribution in [0.15, 0.2) is 12.1 Å². The highest BCUT2D eigenvalue weighted by Crippen LogP contribution is 2.22. The summed E-state index contributed by atoms with van der Waals surface area (Å²) in [4.78, 5) is 10.6. The summed E-state index contributed by atoms with van der Waals surface area (Å²) in [5, 5.41) is 17.5. The minimum absolute atomic E-state index is 0.145. The summed E-state index contributed by atoms with van der Waals surface area (Å²) in [5.74, 6) is -0.350. The van der Waals surface area contributed by atoms with Gasteiger partial charge in [0, 0.05) is 0 Å². The van der Waals surface area contributed by atoms with Gasteiger partial charge in [0.1, 0.15) is 5.75 Å². The number of hydrogen-bond acceptors (Lipinski definition) is 3. The third-order valence-corrected chi connectivity index (χ3v) is 2.08. The van der Waals surface area contributed by atoms with Crippen LogP contribution < -0.4 is 4.74 Å². The summed E-state index contributed by atoms with van der Waals surface area (Å²) >= 11 is 0. The molecule has 0 aliphatic heterocycles. The number of nitrogens with zero attached hydrogens (tertiary/aromatic N) is 1. The molecule has 15 heavy (non-hydrogen) atoms. The largest absolute Gasteiger partial charge is 0.496 e. The number of nitriles is 1. The van der Waals surface area contributed by atoms with Gasteiger partial charge in [0.05, 0.1) is 25.2 Å². The zero-order valence-electron chi connectivity index (χ0n) is 8.57. The van der Waals surface area contributed by atoms with E-state index in [0.717, 1.165) is 5.56 Å². The van der Waals surface area contributed by atoms with E-state index < -0.39 is 5.97 Å². The Bertz CT molecular complexity index is 432. The second-order valence-electron chi connectivity index (χ2n) is 3.16. The van der Waals surface area contributed by atoms with Crippen LogP contribution in [0.5, 0.6) is 5.75 Å². The third kappa shape index (κ3) is 2.47. The molecule has 0 saturated heterocycles. The van der Waals surface area contributed by atoms with Gasteiger partial charge in [-0.25, -0.2) is 0 Å². The number of hydrogen-bond donors (Lipinski definition) is 1. The van der Waals surface area contributed by atoms with Crippen LogP contribution in [0.4, 0.5) is 0 Å². The molecule has 0 atom stereocenters. The van der Waals surface area contributed by atoms with Crippen molar-refractivity contribution in [2.24, 2.45) is 0 Å². The van der Waals surface area contributed by atoms with Crippen molar-refractivity contribution in [3.8, 4) is 11.8 Å². The van der Waals surface area contributed by atoms with Crippen molar-refractivity contribution in [2.75, 3.05) is 7.11 Å². The smallest absolute Gasteiger partial charge is 0.307 e. The Kier molecular flexibility index (Phi) is 3.29. The molecule has 4 nitrogen and oxygen atoms in total. The maximum atomic E-state index is 10.6. The van der Waals surface area contributed by atoms with Crippen molar-refractivity contribution in [1.82, 2.24) is 0 Å². The maximum absolute atomic E-state index is 10.6. The Morgan fingerprint density at radius 3 is 2.73 bits per heavy atom. The van der Waals surface area contributed by atoms with Crippen LogP contribution in [-0.2, 0) is 11.2 Å². The highest BCUT2D eigenvalue weighted by atomic mass is 16.5. The molecule has 1 N–H and O–H groups in total. The fraction of sp³-hybridized carbons (Fsp3) is 0.273. The Morgan fingerprint density at radius 1 is 1.60 bits per heavy atom. The quantitative estimate of drug-likeness (QED) is 0.811. The van der Waals surface area contributed by atoms with Gasteiger partial charge in [0.25, 0.3) is 0 Å². The second kappa shape index (κ2) is 4.47. The highest BCUT2D eigenvalue weighted by Gasteiger charge is 2.10. The summed E-state index contributed by atoms with van der Waals surface area (Å²) in [6, 6.07) is 5.19. The number of carboxylic acid groups (broad SMARTS) is 1. The van der Waals surface area contributed by atoms with E-state index in [0.29, 0.717) is 16.9 Å². The normalized spacial score (nSPS) is 9.40. The minimum atomic E-state index is -0.948. The molecule has 0 aliphatic rings. The number of benzene rings is 1. The van der Waals surface area contributed by atoms with Gasteiger partial charge in [0.15, 0.2) is 0 Å². The van der Waals surface area contributed by atoms with E-state index in [9.17, 15) is 4.79 Å². The van der Waals surface area contributed by atoms with E-state index in [1.165, 1.54) is 7.11 Å². The summed E-state index contributed by atoms with van der Waals surface area (Å²) in [7, 11) is 1.51. The van der Waals surface area contributed by atoms with Crippen LogP contribution in [0.1, 0.15) is 16.7 Å². The van der Waals surface area contributed by atoms with Gasteiger partial charge >= 0.3 is 5.97 Å². The van der Waals surface area contributed by atoms with Crippen molar-refractivity contribution < 1.29 is 14.6 Å². The number of carboxylic acids is 1. The lowest BCUT2D eigenvalue weighted by Crippen LogP contribution is -2.03. The van der Waals surface area contributed by atoms with Crippen molar-refractivity contribution >= 4 is 5.97 Å². The van der Waals surface area contributed by atoms with E-state index in [1.54, 1.807) is 12.1 Å². The Balaban J connectivity index is 3.22. The molecule has 4 heteroatoms. The van der Waals surface area contributed by atoms with E-state index >= 15 is 0 Å². The molecule has 1 aromatic rings. The lowest BCUT2D eigenvalue weighted by Gasteiger charge is -2.08. The van der Waals surface area contributed by atoms with E-state index in [2.05, 4.69) is 0 Å². The van der Waals surface area contributed by atoms with Crippen LogP contribution in [0, 0.1) is 18.3 Å². The van der Waals surface area contributed by atoms with Gasteiger partial charge in [-0.3, -0.25) is 4.79 Å². The number of carbonyl (C=O) groups is 1. The SMILES string of the molecule is COc1cc(C#N)c(CC(=O)O)cc1C. The molecule has 0 unspecified atom stereocenters. The average Bonchev–Trinajstić information content (AvgIpc) is 2.17. The molecule has 0 aliphatic carbocycles. The zero-order valence-corrected chi connectivity index (χ0v) is 8.57. The van der Waals surface area contributed by atoms with Crippen LogP contribution in [0.2, 0.25) is 0 Å². The molecule has 0 radical (unpaired) electrons. The molecule has 0 heterocycles. The van der Waals surface area contributed by atoms with E-state index in [4.69, 9.17) is 15.1 Å². The molecule has 78 valence electrons. The van der Waals surface area contributed by atoms with Gasteiger partial charge in [-0.1, -0.05) is 6.07 Å². The molecular weight excluding hydrogens is 194 g/mol. The number of ether oxygens (including phenoxy) is 1. The highest BCUT2D eigenvalue weighted by molar-refractivity contribution is 5.71. The predicted octanol–water partition coefficient (Wildman–Crippen LogP) is 1.50. The molecule has 0 aromatic heterocycles. The second-order valence-corrected chi connectivity index (χ2v) is 3.16. The minimum Gasteiger partial charge on any atom is -0.496 e. The van der Waals surface area contributed by atoms with Crippen molar-refractivity contribution in [3.05, 3.63) is 28.8 Å². The fourth-order valence-electron chi connectivity index (χ4n) is 1.38. The molecule has 0 saturated carbocycles. The average molecular weight is 205 g/mol. The standard InChI is InChI=1S/C11H11NO3/c1-7-3-8(5-11(13)14)9(6-12)4-10(7)15-2/h3-4H,5H2,1-2H3,(H,13,14). The fourth-order valence-corrected chi connectivity index (χ4v) is 1.38. The van der Waals surface area contributed by atoms with Gasteiger partial charge in [-0.15, -0.1) is 0 Å². The first-order valence-corrected chi connectivity index (χ1v) is 4.38. The number of rotatable bonds is 3. The molecule has 0 bridgehead atoms. The number of aliphatic carboxylic acids is 1. The molecular formula is C11H11NO3. The van der Waals surface area contributed by atoms with E-state index in [1.807, 2.05) is 13.0 Å². The van der Waals surface area contributed by atoms with Gasteiger partial charge < -0.3 is 9.84 Å². The first kappa shape index (κ1) is 11.1. The van der Waals surface area contributed by atoms with Crippen LogP contribution in [0.25, 0.3) is 0 Å². The van der Waals surface area contributed by atoms with Gasteiger partial charge in [-0.05, 0) is 24.1 Å². The lowest BCUT2D eigenvalue weighted by molar-refractivity contribution is -0.136. The maximum Gasteiger partial charge on any atom is 0.307 e. The predicted molar refractivity (Wildman–Crippen MR) is 53.8 cm³/mol. The van der Waals surface area contributed by atoms with Crippen LogP contribution >= 0.6 is 0 Å². The number of aryl methyl sites for hydroxylation is 1. The first-order chi connectivity index (χ1) is 7.08. The van der Waals surface area contributed by atoms with Crippen LogP contribution in [0.3, 0.4) is 0 Å². The van der Waals surface area contributed by atoms with Gasteiger partial charge in [0.2, 0.25) is 0 Å². The topological polar surface area (TPSA) is 70.3 Å². The van der Waals surface area contributed by atoms with Gasteiger partial charge in [-0.2, -0.15) is 5.26 Å². The summed E-state index contributed by atoms with van der Waals surface area (Å²) in [6.07, 6.45) is -0.145. The monoisotopic (exact) mass is 205 g/mol. The molecule has 0 amide bonds. The Hall–Kier alpha value is -2.02. The number of methoxy groups -OCH3 is 1. The Morgan fingerprint density at radius 2 is 2.27 bits per heavy atom. The van der Waals surface area contributed by atoms with Crippen molar-refractivity contribution in [2.45, 2.75) is 13.3 Å². The van der Waals surface area contributed by atoms with Crippen molar-refractivity contribution in [3.63, 3.8) is 0 Å². The molecule has 0 spiro atoms. The molecule has 1 aromatic carbocycles.